The molecule has 2 aliphatic heterocycles. The molecule has 4 amide bonds. The van der Waals surface area contributed by atoms with Crippen molar-refractivity contribution in [3.05, 3.63) is 96.1 Å². The van der Waals surface area contributed by atoms with Gasteiger partial charge in [0.2, 0.25) is 23.6 Å². The van der Waals surface area contributed by atoms with E-state index in [0.717, 1.165) is 15.9 Å². The second kappa shape index (κ2) is 19.6. The maximum absolute atomic E-state index is 14.2. The molecule has 10 nitrogen and oxygen atoms in total. The Balaban J connectivity index is 1.25. The molecule has 2 heterocycles. The molecular formula is C48H66N4O6Si. The molecular weight excluding hydrogens is 757 g/mol. The summed E-state index contributed by atoms with van der Waals surface area (Å²) in [5.41, 5.74) is 0.748. The summed E-state index contributed by atoms with van der Waals surface area (Å²) in [5.74, 6) is -1.18. The zero-order valence-corrected chi connectivity index (χ0v) is 37.4. The van der Waals surface area contributed by atoms with Crippen LogP contribution in [-0.2, 0) is 34.8 Å². The molecule has 3 aromatic rings. The maximum Gasteiger partial charge on any atom is 0.262 e. The predicted molar refractivity (Wildman–Crippen MR) is 236 cm³/mol. The largest absolute Gasteiger partial charge is 0.398 e. The molecule has 0 aliphatic carbocycles. The molecule has 5 atom stereocenters. The molecule has 0 saturated carbocycles. The lowest BCUT2D eigenvalue weighted by molar-refractivity contribution is -0.144. The Kier molecular flexibility index (Phi) is 15.1. The van der Waals surface area contributed by atoms with Crippen molar-refractivity contribution in [3.63, 3.8) is 0 Å². The number of fused-ring (bicyclic) bond motifs is 1. The zero-order chi connectivity index (χ0) is 43.0. The van der Waals surface area contributed by atoms with Gasteiger partial charge in [0.25, 0.3) is 8.32 Å². The van der Waals surface area contributed by atoms with Gasteiger partial charge in [0.1, 0.15) is 29.8 Å². The normalized spacial score (nSPS) is 22.5. The predicted octanol–water partition coefficient (Wildman–Crippen LogP) is 6.10. The summed E-state index contributed by atoms with van der Waals surface area (Å²) in [6, 6.07) is 26.0. The first kappa shape index (κ1) is 45.5. The average molecular weight is 823 g/mol. The third kappa shape index (κ3) is 10.6. The fourth-order valence-corrected chi connectivity index (χ4v) is 13.2. The van der Waals surface area contributed by atoms with Gasteiger partial charge in [-0.3, -0.25) is 24.0 Å². The van der Waals surface area contributed by atoms with Crippen LogP contribution in [0.1, 0.15) is 124 Å². The van der Waals surface area contributed by atoms with Gasteiger partial charge in [-0.25, -0.2) is 0 Å². The number of Topliss-reactive ketones (excluding diaryl/α,β-unsaturated/α-hetero) is 1. The van der Waals surface area contributed by atoms with Crippen LogP contribution in [0.5, 0.6) is 0 Å². The third-order valence-electron chi connectivity index (χ3n) is 12.4. The molecule has 5 rings (SSSR count). The summed E-state index contributed by atoms with van der Waals surface area (Å²) in [6.07, 6.45) is 3.47. The highest BCUT2D eigenvalue weighted by Gasteiger charge is 2.51. The number of hydrogen-bond donors (Lipinski definition) is 3. The van der Waals surface area contributed by atoms with E-state index in [9.17, 15) is 24.0 Å². The Bertz CT molecular complexity index is 1880. The topological polar surface area (TPSA) is 134 Å². The number of unbranched alkanes of at least 4 members (excludes halogenated alkanes) is 2. The standard InChI is InChI=1S/C48H66N4O6Si/c1-9-48(8)46(57)50-40(32-35-27-29-36(30-28-35)33(2)3)45(56)52-31-19-25-41(52)44(55)49-39(43(54)51-48)24-17-12-18-26-42(53)34(4)58-59(47(5,6)7,37-20-13-10-14-21-37)38-22-15-11-16-23-38/h10-11,13-16,20-23,27-30,33-34,39-41H,9,12,17-19,24-26,31-32H2,1-8H3,(H,49,55)(H,50,57)(H,51,54)/t34-,39-,40-,41+,48-/m0/s1. The minimum atomic E-state index is -2.91. The van der Waals surface area contributed by atoms with Crippen LogP contribution in [0.25, 0.3) is 0 Å². The van der Waals surface area contributed by atoms with E-state index >= 15 is 0 Å². The first-order valence-electron chi connectivity index (χ1n) is 21.6. The van der Waals surface area contributed by atoms with Crippen LogP contribution < -0.4 is 26.3 Å². The van der Waals surface area contributed by atoms with E-state index in [2.05, 4.69) is 74.8 Å². The van der Waals surface area contributed by atoms with Crippen LogP contribution in [-0.4, -0.2) is 78.9 Å². The zero-order valence-electron chi connectivity index (χ0n) is 36.4. The smallest absolute Gasteiger partial charge is 0.262 e. The second-order valence-corrected chi connectivity index (χ2v) is 22.3. The number of carbonyl (C=O) groups excluding carboxylic acids is 5. The summed E-state index contributed by atoms with van der Waals surface area (Å²) < 4.78 is 7.04. The summed E-state index contributed by atoms with van der Waals surface area (Å²) in [7, 11) is -2.91. The van der Waals surface area contributed by atoms with Gasteiger partial charge < -0.3 is 25.3 Å². The van der Waals surface area contributed by atoms with Crippen molar-refractivity contribution < 1.29 is 28.4 Å². The Morgan fingerprint density at radius 3 is 2.00 bits per heavy atom. The Morgan fingerprint density at radius 1 is 0.831 bits per heavy atom. The van der Waals surface area contributed by atoms with Gasteiger partial charge in [0, 0.05) is 19.4 Å². The fourth-order valence-electron chi connectivity index (χ4n) is 8.55. The Morgan fingerprint density at radius 2 is 1.44 bits per heavy atom. The lowest BCUT2D eigenvalue weighted by atomic mass is 9.94. The van der Waals surface area contributed by atoms with Crippen molar-refractivity contribution in [2.45, 2.75) is 154 Å². The second-order valence-electron chi connectivity index (χ2n) is 18.0. The highest BCUT2D eigenvalue weighted by Crippen LogP contribution is 2.38. The van der Waals surface area contributed by atoms with Crippen molar-refractivity contribution in [2.24, 2.45) is 0 Å². The van der Waals surface area contributed by atoms with E-state index in [1.807, 2.05) is 74.5 Å². The van der Waals surface area contributed by atoms with Gasteiger partial charge in [-0.2, -0.15) is 0 Å². The maximum atomic E-state index is 14.2. The van der Waals surface area contributed by atoms with E-state index in [1.54, 1.807) is 11.8 Å². The van der Waals surface area contributed by atoms with Crippen LogP contribution in [0.4, 0.5) is 0 Å². The van der Waals surface area contributed by atoms with E-state index in [1.165, 1.54) is 5.56 Å². The average Bonchev–Trinajstić information content (AvgIpc) is 3.72. The van der Waals surface area contributed by atoms with Crippen molar-refractivity contribution >= 4 is 48.1 Å². The van der Waals surface area contributed by atoms with Crippen LogP contribution in [0.15, 0.2) is 84.9 Å². The first-order valence-corrected chi connectivity index (χ1v) is 23.6. The van der Waals surface area contributed by atoms with Gasteiger partial charge in [-0.05, 0) is 78.4 Å². The molecule has 0 aromatic heterocycles. The molecule has 0 bridgehead atoms. The van der Waals surface area contributed by atoms with Crippen LogP contribution in [0, 0.1) is 0 Å². The number of amides is 4. The lowest BCUT2D eigenvalue weighted by Gasteiger charge is -2.44. The molecule has 2 aliphatic rings. The molecule has 0 radical (unpaired) electrons. The third-order valence-corrected chi connectivity index (χ3v) is 17.5. The van der Waals surface area contributed by atoms with Gasteiger partial charge in [-0.1, -0.05) is 139 Å². The Labute approximate surface area is 352 Å². The molecule has 11 heteroatoms. The van der Waals surface area contributed by atoms with Crippen molar-refractivity contribution in [1.29, 1.82) is 0 Å². The lowest BCUT2D eigenvalue weighted by Crippen LogP contribution is -2.68. The fraction of sp³-hybridized carbons (Fsp3) is 0.521. The molecule has 2 saturated heterocycles. The van der Waals surface area contributed by atoms with Crippen LogP contribution in [0.2, 0.25) is 5.04 Å². The molecule has 59 heavy (non-hydrogen) atoms. The van der Waals surface area contributed by atoms with E-state index in [0.29, 0.717) is 57.4 Å². The van der Waals surface area contributed by atoms with E-state index in [4.69, 9.17) is 4.43 Å². The van der Waals surface area contributed by atoms with Crippen molar-refractivity contribution in [3.8, 4) is 0 Å². The Hall–Kier alpha value is -4.61. The number of benzene rings is 3. The number of nitrogens with one attached hydrogen (secondary N) is 3. The SMILES string of the molecule is CC[C@]1(C)NC(=O)[C@H](CCCCCC(=O)[C@H](C)O[Si](c2ccccc2)(c2ccccc2)C(C)(C)C)NC(=O)[C@H]2CCCN2C(=O)[C@H](Cc2ccc(C(C)C)cc2)NC1=O. The van der Waals surface area contributed by atoms with Crippen molar-refractivity contribution in [1.82, 2.24) is 20.9 Å². The summed E-state index contributed by atoms with van der Waals surface area (Å²) >= 11 is 0. The quantitative estimate of drug-likeness (QED) is 0.126. The van der Waals surface area contributed by atoms with Gasteiger partial charge in [0.15, 0.2) is 5.78 Å². The minimum absolute atomic E-state index is 0.0247. The van der Waals surface area contributed by atoms with E-state index in [-0.39, 0.29) is 35.5 Å². The van der Waals surface area contributed by atoms with Gasteiger partial charge in [-0.15, -0.1) is 0 Å². The first-order chi connectivity index (χ1) is 28.0. The van der Waals surface area contributed by atoms with Crippen molar-refractivity contribution in [2.75, 3.05) is 6.54 Å². The monoisotopic (exact) mass is 822 g/mol. The minimum Gasteiger partial charge on any atom is -0.398 e. The van der Waals surface area contributed by atoms with Crippen LogP contribution in [0.3, 0.4) is 0 Å². The number of rotatable bonds is 15. The number of nitrogens with zero attached hydrogens (tertiary/aromatic N) is 1. The molecule has 318 valence electrons. The highest BCUT2D eigenvalue weighted by atomic mass is 28.4. The highest BCUT2D eigenvalue weighted by molar-refractivity contribution is 6.99. The molecule has 0 spiro atoms. The summed E-state index contributed by atoms with van der Waals surface area (Å²) in [5, 5.41) is 10.8. The number of carbonyl (C=O) groups is 5. The number of ketones is 1. The summed E-state index contributed by atoms with van der Waals surface area (Å²) in [6.45, 7) is 16.5. The van der Waals surface area contributed by atoms with Gasteiger partial charge in [0.05, 0.1) is 0 Å². The van der Waals surface area contributed by atoms with Gasteiger partial charge >= 0.3 is 0 Å². The molecule has 2 fully saturated rings. The van der Waals surface area contributed by atoms with E-state index < -0.39 is 49.9 Å². The summed E-state index contributed by atoms with van der Waals surface area (Å²) in [4.78, 5) is 71.3. The van der Waals surface area contributed by atoms with Crippen LogP contribution >= 0.6 is 0 Å². The molecule has 0 unspecified atom stereocenters. The molecule has 3 N–H and O–H groups in total. The molecule has 3 aromatic carbocycles. The number of hydrogen-bond acceptors (Lipinski definition) is 6.